The van der Waals surface area contributed by atoms with E-state index in [1.807, 2.05) is 37.3 Å². The van der Waals surface area contributed by atoms with Crippen molar-refractivity contribution >= 4 is 11.6 Å². The van der Waals surface area contributed by atoms with Crippen molar-refractivity contribution in [2.75, 3.05) is 5.32 Å². The smallest absolute Gasteiger partial charge is 0.265 e. The van der Waals surface area contributed by atoms with Gasteiger partial charge in [0, 0.05) is 5.69 Å². The molecule has 1 atom stereocenters. The summed E-state index contributed by atoms with van der Waals surface area (Å²) in [7, 11) is 0. The molecule has 23 heavy (non-hydrogen) atoms. The number of hydrogen-bond acceptors (Lipinski definition) is 2. The van der Waals surface area contributed by atoms with Crippen LogP contribution in [0.4, 0.5) is 5.69 Å². The molecule has 0 saturated heterocycles. The van der Waals surface area contributed by atoms with E-state index in [1.165, 1.54) is 5.56 Å². The maximum Gasteiger partial charge on any atom is 0.265 e. The van der Waals surface area contributed by atoms with E-state index in [0.29, 0.717) is 5.75 Å². The van der Waals surface area contributed by atoms with Crippen LogP contribution in [0.3, 0.4) is 0 Å². The Bertz CT molecular complexity index is 640. The molecule has 0 aliphatic rings. The van der Waals surface area contributed by atoms with E-state index in [0.717, 1.165) is 29.7 Å². The molecule has 0 aliphatic carbocycles. The van der Waals surface area contributed by atoms with Gasteiger partial charge in [-0.15, -0.1) is 0 Å². The Morgan fingerprint density at radius 2 is 1.61 bits per heavy atom. The van der Waals surface area contributed by atoms with E-state index in [1.54, 1.807) is 6.92 Å². The minimum atomic E-state index is -0.549. The zero-order valence-corrected chi connectivity index (χ0v) is 14.3. The fourth-order valence-electron chi connectivity index (χ4n) is 2.50. The second-order valence-corrected chi connectivity index (χ2v) is 5.72. The molecule has 0 saturated carbocycles. The number of nitrogens with one attached hydrogen (secondary N) is 1. The van der Waals surface area contributed by atoms with E-state index >= 15 is 0 Å². The minimum Gasteiger partial charge on any atom is -0.481 e. The molecular weight excluding hydrogens is 286 g/mol. The minimum absolute atomic E-state index is 0.124. The molecule has 0 aliphatic heterocycles. The first kappa shape index (κ1) is 17.1. The Labute approximate surface area is 138 Å². The van der Waals surface area contributed by atoms with E-state index in [2.05, 4.69) is 31.3 Å². The average Bonchev–Trinajstić information content (AvgIpc) is 2.56. The van der Waals surface area contributed by atoms with Crippen molar-refractivity contribution in [1.82, 2.24) is 0 Å². The number of carbonyl (C=O) groups excluding carboxylic acids is 1. The quantitative estimate of drug-likeness (QED) is 0.851. The highest BCUT2D eigenvalue weighted by Gasteiger charge is 2.17. The van der Waals surface area contributed by atoms with Crippen molar-refractivity contribution in [2.24, 2.45) is 0 Å². The van der Waals surface area contributed by atoms with Crippen LogP contribution in [0.2, 0.25) is 0 Å². The van der Waals surface area contributed by atoms with E-state index in [4.69, 9.17) is 4.74 Å². The van der Waals surface area contributed by atoms with E-state index in [-0.39, 0.29) is 5.91 Å². The molecule has 2 aromatic carbocycles. The van der Waals surface area contributed by atoms with Gasteiger partial charge in [0.15, 0.2) is 6.10 Å². The van der Waals surface area contributed by atoms with Gasteiger partial charge in [-0.3, -0.25) is 4.79 Å². The third kappa shape index (κ3) is 4.35. The molecule has 0 spiro atoms. The van der Waals surface area contributed by atoms with Crippen LogP contribution in [-0.2, 0) is 17.6 Å². The van der Waals surface area contributed by atoms with Crippen LogP contribution >= 0.6 is 0 Å². The summed E-state index contributed by atoms with van der Waals surface area (Å²) in [6.07, 6.45) is 1.22. The van der Waals surface area contributed by atoms with Gasteiger partial charge in [-0.1, -0.05) is 49.7 Å². The standard InChI is InChI=1S/C20H25NO2/c1-5-16-8-7-9-17(6-2)19(16)21-20(22)15(4)23-18-12-10-14(3)11-13-18/h7-13,15H,5-6H2,1-4H3,(H,21,22)/t15-/m0/s1. The predicted molar refractivity (Wildman–Crippen MR) is 95.1 cm³/mol. The van der Waals surface area contributed by atoms with Crippen molar-refractivity contribution < 1.29 is 9.53 Å². The van der Waals surface area contributed by atoms with Gasteiger partial charge in [0.2, 0.25) is 0 Å². The number of ether oxygens (including phenoxy) is 1. The molecule has 1 N–H and O–H groups in total. The van der Waals surface area contributed by atoms with Crippen molar-refractivity contribution in [3.05, 3.63) is 59.2 Å². The molecule has 0 aromatic heterocycles. The van der Waals surface area contributed by atoms with E-state index < -0.39 is 6.10 Å². The topological polar surface area (TPSA) is 38.3 Å². The first-order chi connectivity index (χ1) is 11.0. The number of rotatable bonds is 6. The van der Waals surface area contributed by atoms with Crippen LogP contribution in [-0.4, -0.2) is 12.0 Å². The van der Waals surface area contributed by atoms with Crippen molar-refractivity contribution in [3.8, 4) is 5.75 Å². The number of amides is 1. The molecule has 2 rings (SSSR count). The molecule has 2 aromatic rings. The fourth-order valence-corrected chi connectivity index (χ4v) is 2.50. The molecule has 0 fully saturated rings. The third-order valence-corrected chi connectivity index (χ3v) is 3.95. The van der Waals surface area contributed by atoms with Crippen LogP contribution in [0, 0.1) is 6.92 Å². The molecule has 3 heteroatoms. The van der Waals surface area contributed by atoms with Gasteiger partial charge in [-0.25, -0.2) is 0 Å². The first-order valence-electron chi connectivity index (χ1n) is 8.20. The summed E-state index contributed by atoms with van der Waals surface area (Å²) in [6.45, 7) is 7.98. The molecule has 0 radical (unpaired) electrons. The summed E-state index contributed by atoms with van der Waals surface area (Å²) < 4.78 is 5.74. The van der Waals surface area contributed by atoms with E-state index in [9.17, 15) is 4.79 Å². The van der Waals surface area contributed by atoms with Gasteiger partial charge in [0.25, 0.3) is 5.91 Å². The Hall–Kier alpha value is -2.29. The van der Waals surface area contributed by atoms with Gasteiger partial charge in [-0.2, -0.15) is 0 Å². The summed E-state index contributed by atoms with van der Waals surface area (Å²) in [4.78, 5) is 12.5. The highest BCUT2D eigenvalue weighted by molar-refractivity contribution is 5.95. The highest BCUT2D eigenvalue weighted by atomic mass is 16.5. The maximum absolute atomic E-state index is 12.5. The average molecular weight is 311 g/mol. The van der Waals surface area contributed by atoms with Crippen LogP contribution in [0.1, 0.15) is 37.5 Å². The Balaban J connectivity index is 2.10. The van der Waals surface area contributed by atoms with Crippen LogP contribution in [0.15, 0.2) is 42.5 Å². The van der Waals surface area contributed by atoms with Crippen LogP contribution in [0.5, 0.6) is 5.75 Å². The predicted octanol–water partition coefficient (Wildman–Crippen LogP) is 4.53. The number of hydrogen-bond donors (Lipinski definition) is 1. The van der Waals surface area contributed by atoms with Crippen molar-refractivity contribution in [1.29, 1.82) is 0 Å². The second kappa shape index (κ2) is 7.82. The lowest BCUT2D eigenvalue weighted by atomic mass is 10.0. The summed E-state index contributed by atoms with van der Waals surface area (Å²) in [6, 6.07) is 13.9. The number of para-hydroxylation sites is 1. The van der Waals surface area contributed by atoms with Gasteiger partial charge in [0.1, 0.15) is 5.75 Å². The van der Waals surface area contributed by atoms with Gasteiger partial charge in [0.05, 0.1) is 0 Å². The van der Waals surface area contributed by atoms with Crippen LogP contribution in [0.25, 0.3) is 0 Å². The largest absolute Gasteiger partial charge is 0.481 e. The van der Waals surface area contributed by atoms with Gasteiger partial charge < -0.3 is 10.1 Å². The molecule has 122 valence electrons. The SMILES string of the molecule is CCc1cccc(CC)c1NC(=O)[C@H](C)Oc1ccc(C)cc1. The first-order valence-corrected chi connectivity index (χ1v) is 8.20. The molecule has 0 heterocycles. The lowest BCUT2D eigenvalue weighted by Gasteiger charge is -2.18. The molecule has 3 nitrogen and oxygen atoms in total. The summed E-state index contributed by atoms with van der Waals surface area (Å²) in [5.41, 5.74) is 4.40. The normalized spacial score (nSPS) is 11.8. The maximum atomic E-state index is 12.5. The molecule has 1 amide bonds. The molecule has 0 bridgehead atoms. The second-order valence-electron chi connectivity index (χ2n) is 5.72. The zero-order valence-electron chi connectivity index (χ0n) is 14.3. The lowest BCUT2D eigenvalue weighted by molar-refractivity contribution is -0.122. The third-order valence-electron chi connectivity index (χ3n) is 3.95. The molecule has 0 unspecified atom stereocenters. The van der Waals surface area contributed by atoms with Crippen LogP contribution < -0.4 is 10.1 Å². The fraction of sp³-hybridized carbons (Fsp3) is 0.350. The van der Waals surface area contributed by atoms with Crippen molar-refractivity contribution in [3.63, 3.8) is 0 Å². The lowest BCUT2D eigenvalue weighted by Crippen LogP contribution is -2.30. The Kier molecular flexibility index (Phi) is 5.80. The summed E-state index contributed by atoms with van der Waals surface area (Å²) in [5.74, 6) is 0.582. The van der Waals surface area contributed by atoms with Gasteiger partial charge in [-0.05, 0) is 49.9 Å². The number of benzene rings is 2. The summed E-state index contributed by atoms with van der Waals surface area (Å²) in [5, 5.41) is 3.05. The molecular formula is C20H25NO2. The zero-order chi connectivity index (χ0) is 16.8. The monoisotopic (exact) mass is 311 g/mol. The Morgan fingerprint density at radius 1 is 1.04 bits per heavy atom. The number of anilines is 1. The highest BCUT2D eigenvalue weighted by Crippen LogP contribution is 2.23. The number of aryl methyl sites for hydroxylation is 3. The summed E-state index contributed by atoms with van der Waals surface area (Å²) >= 11 is 0. The Morgan fingerprint density at radius 3 is 2.13 bits per heavy atom. The van der Waals surface area contributed by atoms with Gasteiger partial charge >= 0.3 is 0 Å². The number of carbonyl (C=O) groups is 1. The van der Waals surface area contributed by atoms with Crippen molar-refractivity contribution in [2.45, 2.75) is 46.6 Å².